The van der Waals surface area contributed by atoms with E-state index in [-0.39, 0.29) is 18.1 Å². The van der Waals surface area contributed by atoms with Crippen molar-refractivity contribution in [1.29, 1.82) is 0 Å². The lowest BCUT2D eigenvalue weighted by Gasteiger charge is -2.15. The van der Waals surface area contributed by atoms with Gasteiger partial charge in [0.2, 0.25) is 12.5 Å². The van der Waals surface area contributed by atoms with Crippen molar-refractivity contribution in [3.8, 4) is 34.5 Å². The molecular weight excluding hydrogens is 616 g/mol. The number of fused-ring (bicyclic) bond motifs is 1. The van der Waals surface area contributed by atoms with Gasteiger partial charge in [-0.2, -0.15) is 5.10 Å². The van der Waals surface area contributed by atoms with Gasteiger partial charge in [0.25, 0.3) is 5.91 Å². The van der Waals surface area contributed by atoms with E-state index in [0.717, 1.165) is 0 Å². The third-order valence-corrected chi connectivity index (χ3v) is 6.18. The summed E-state index contributed by atoms with van der Waals surface area (Å²) in [5, 5.41) is 4.03. The molecule has 1 aliphatic heterocycles. The molecule has 4 rings (SSSR count). The zero-order chi connectivity index (χ0) is 26.5. The maximum atomic E-state index is 13.1. The predicted octanol–water partition coefficient (Wildman–Crippen LogP) is 4.95. The van der Waals surface area contributed by atoms with Crippen LogP contribution in [0.1, 0.15) is 26.3 Å². The van der Waals surface area contributed by atoms with Crippen LogP contribution in [0.5, 0.6) is 34.5 Å². The van der Waals surface area contributed by atoms with Gasteiger partial charge in [-0.25, -0.2) is 10.2 Å². The maximum absolute atomic E-state index is 13.1. The SMILES string of the molecule is COc1cc(C(=O)Oc2c(Br)cc(Br)cc2/C=N/NC(=O)c2ccc3c(c2)OCO3)cc(OC)c1OC. The van der Waals surface area contributed by atoms with Crippen LogP contribution in [-0.4, -0.2) is 46.2 Å². The van der Waals surface area contributed by atoms with E-state index in [1.165, 1.54) is 39.7 Å². The summed E-state index contributed by atoms with van der Waals surface area (Å²) in [6, 6.07) is 11.2. The molecule has 1 amide bonds. The zero-order valence-electron chi connectivity index (χ0n) is 19.8. The molecule has 3 aromatic rings. The van der Waals surface area contributed by atoms with Crippen LogP contribution in [0.4, 0.5) is 0 Å². The molecule has 0 spiro atoms. The summed E-state index contributed by atoms with van der Waals surface area (Å²) in [5.41, 5.74) is 3.37. The van der Waals surface area contributed by atoms with Crippen molar-refractivity contribution in [1.82, 2.24) is 5.43 Å². The Morgan fingerprint density at radius 1 is 0.892 bits per heavy atom. The van der Waals surface area contributed by atoms with Crippen molar-refractivity contribution in [3.05, 3.63) is 68.1 Å². The highest BCUT2D eigenvalue weighted by Gasteiger charge is 2.21. The summed E-state index contributed by atoms with van der Waals surface area (Å²) in [6.45, 7) is 0.105. The van der Waals surface area contributed by atoms with Gasteiger partial charge in [-0.15, -0.1) is 0 Å². The molecule has 37 heavy (non-hydrogen) atoms. The molecule has 192 valence electrons. The Labute approximate surface area is 228 Å². The molecule has 1 N–H and O–H groups in total. The van der Waals surface area contributed by atoms with Crippen molar-refractivity contribution in [2.75, 3.05) is 28.1 Å². The van der Waals surface area contributed by atoms with E-state index in [0.29, 0.717) is 48.8 Å². The Hall–Kier alpha value is -3.77. The summed E-state index contributed by atoms with van der Waals surface area (Å²) in [6.07, 6.45) is 1.36. The number of halogens is 2. The molecule has 0 saturated carbocycles. The Morgan fingerprint density at radius 2 is 1.59 bits per heavy atom. The van der Waals surface area contributed by atoms with E-state index in [1.54, 1.807) is 30.3 Å². The number of nitrogens with one attached hydrogen (secondary N) is 1. The van der Waals surface area contributed by atoms with E-state index in [1.807, 2.05) is 0 Å². The normalized spacial score (nSPS) is 11.8. The Balaban J connectivity index is 1.56. The number of hydrazone groups is 1. The van der Waals surface area contributed by atoms with Crippen LogP contribution in [0.25, 0.3) is 0 Å². The average molecular weight is 636 g/mol. The van der Waals surface area contributed by atoms with Gasteiger partial charge >= 0.3 is 5.97 Å². The molecule has 1 heterocycles. The van der Waals surface area contributed by atoms with Crippen LogP contribution in [-0.2, 0) is 0 Å². The first kappa shape index (κ1) is 26.3. The standard InChI is InChI=1S/C25H20Br2N2O8/c1-32-20-8-14(9-21(33-2)23(20)34-3)25(31)37-22-15(6-16(26)10-17(22)27)11-28-29-24(30)13-4-5-18-19(7-13)36-12-35-18/h4-11H,12H2,1-3H3,(H,29,30)/b28-11+. The van der Waals surface area contributed by atoms with Crippen LogP contribution in [0.2, 0.25) is 0 Å². The second-order valence-electron chi connectivity index (χ2n) is 7.38. The molecule has 12 heteroatoms. The molecule has 0 unspecified atom stereocenters. The smallest absolute Gasteiger partial charge is 0.343 e. The van der Waals surface area contributed by atoms with E-state index < -0.39 is 11.9 Å². The van der Waals surface area contributed by atoms with Gasteiger partial charge in [0, 0.05) is 15.6 Å². The maximum Gasteiger partial charge on any atom is 0.343 e. The number of benzene rings is 3. The number of hydrogen-bond acceptors (Lipinski definition) is 9. The van der Waals surface area contributed by atoms with Gasteiger partial charge in [0.05, 0.1) is 37.6 Å². The second kappa shape index (κ2) is 11.5. The lowest BCUT2D eigenvalue weighted by molar-refractivity contribution is 0.0732. The number of ether oxygens (including phenoxy) is 6. The summed E-state index contributed by atoms with van der Waals surface area (Å²) >= 11 is 6.82. The minimum Gasteiger partial charge on any atom is -0.493 e. The van der Waals surface area contributed by atoms with Crippen molar-refractivity contribution in [2.45, 2.75) is 0 Å². The van der Waals surface area contributed by atoms with Crippen molar-refractivity contribution < 1.29 is 38.0 Å². The summed E-state index contributed by atoms with van der Waals surface area (Å²) in [4.78, 5) is 25.6. The van der Waals surface area contributed by atoms with Crippen LogP contribution < -0.4 is 33.8 Å². The molecule has 0 radical (unpaired) electrons. The Kier molecular flexibility index (Phi) is 8.19. The predicted molar refractivity (Wildman–Crippen MR) is 141 cm³/mol. The lowest BCUT2D eigenvalue weighted by Crippen LogP contribution is -2.17. The number of carbonyl (C=O) groups excluding carboxylic acids is 2. The molecule has 0 atom stereocenters. The number of rotatable bonds is 8. The highest BCUT2D eigenvalue weighted by atomic mass is 79.9. The Bertz CT molecular complexity index is 1370. The quantitative estimate of drug-likeness (QED) is 0.160. The van der Waals surface area contributed by atoms with Crippen molar-refractivity contribution in [3.63, 3.8) is 0 Å². The summed E-state index contributed by atoms with van der Waals surface area (Å²) in [7, 11) is 4.36. The lowest BCUT2D eigenvalue weighted by atomic mass is 10.1. The number of amides is 1. The highest BCUT2D eigenvalue weighted by molar-refractivity contribution is 9.11. The van der Waals surface area contributed by atoms with Gasteiger partial charge in [-0.05, 0) is 58.4 Å². The molecule has 1 aliphatic rings. The number of nitrogens with zero attached hydrogens (tertiary/aromatic N) is 1. The van der Waals surface area contributed by atoms with Crippen LogP contribution in [0, 0.1) is 0 Å². The van der Waals surface area contributed by atoms with Gasteiger partial charge in [-0.3, -0.25) is 4.79 Å². The summed E-state index contributed by atoms with van der Waals surface area (Å²) in [5.74, 6) is 1.04. The van der Waals surface area contributed by atoms with Crippen LogP contribution in [0.15, 0.2) is 56.5 Å². The second-order valence-corrected chi connectivity index (χ2v) is 9.15. The van der Waals surface area contributed by atoms with Gasteiger partial charge in [0.15, 0.2) is 28.7 Å². The minimum atomic E-state index is -0.679. The largest absolute Gasteiger partial charge is 0.493 e. The van der Waals surface area contributed by atoms with E-state index in [4.69, 9.17) is 28.4 Å². The molecular formula is C25H20Br2N2O8. The number of esters is 1. The van der Waals surface area contributed by atoms with E-state index in [2.05, 4.69) is 42.4 Å². The summed E-state index contributed by atoms with van der Waals surface area (Å²) < 4.78 is 33.3. The molecule has 3 aromatic carbocycles. The highest BCUT2D eigenvalue weighted by Crippen LogP contribution is 2.39. The average Bonchev–Trinajstić information content (AvgIpc) is 3.37. The minimum absolute atomic E-state index is 0.105. The zero-order valence-corrected chi connectivity index (χ0v) is 23.0. The topological polar surface area (TPSA) is 114 Å². The third-order valence-electron chi connectivity index (χ3n) is 5.14. The fraction of sp³-hybridized carbons (Fsp3) is 0.160. The fourth-order valence-corrected chi connectivity index (χ4v) is 4.74. The number of carbonyl (C=O) groups is 2. The molecule has 0 aliphatic carbocycles. The monoisotopic (exact) mass is 634 g/mol. The number of methoxy groups -OCH3 is 3. The van der Waals surface area contributed by atoms with Crippen LogP contribution >= 0.6 is 31.9 Å². The molecule has 0 aromatic heterocycles. The van der Waals surface area contributed by atoms with E-state index in [9.17, 15) is 9.59 Å². The molecule has 10 nitrogen and oxygen atoms in total. The van der Waals surface area contributed by atoms with Crippen molar-refractivity contribution in [2.24, 2.45) is 5.10 Å². The van der Waals surface area contributed by atoms with Crippen LogP contribution in [0.3, 0.4) is 0 Å². The fourth-order valence-electron chi connectivity index (χ4n) is 3.40. The first-order chi connectivity index (χ1) is 17.8. The third kappa shape index (κ3) is 5.81. The molecule has 0 saturated heterocycles. The van der Waals surface area contributed by atoms with E-state index >= 15 is 0 Å². The van der Waals surface area contributed by atoms with Gasteiger partial charge in [0.1, 0.15) is 0 Å². The first-order valence-electron chi connectivity index (χ1n) is 10.6. The first-order valence-corrected chi connectivity index (χ1v) is 12.2. The molecule has 0 fully saturated rings. The molecule has 0 bridgehead atoms. The van der Waals surface area contributed by atoms with Gasteiger partial charge in [-0.1, -0.05) is 15.9 Å². The Morgan fingerprint density at radius 3 is 2.27 bits per heavy atom. The number of hydrogen-bond donors (Lipinski definition) is 1. The van der Waals surface area contributed by atoms with Gasteiger partial charge < -0.3 is 28.4 Å². The van der Waals surface area contributed by atoms with Crippen molar-refractivity contribution >= 4 is 50.0 Å².